The van der Waals surface area contributed by atoms with Gasteiger partial charge in [0, 0.05) is 12.6 Å². The van der Waals surface area contributed by atoms with Crippen LogP contribution in [-0.4, -0.2) is 45.4 Å². The summed E-state index contributed by atoms with van der Waals surface area (Å²) in [6.07, 6.45) is 1.81. The molecule has 0 aliphatic rings. The molecule has 9 heteroatoms. The van der Waals surface area contributed by atoms with Gasteiger partial charge in [-0.25, -0.2) is 8.42 Å². The quantitative estimate of drug-likeness (QED) is 0.344. The standard InChI is InChI=1S/C20H28N4O4S/c1-15-7-9-18(16(2)13-15)22-29(27,28)17-8-10-19(20(14-17)24(25)26)21-11-5-6-12-23(3)4/h7-10,13-14,21-22H,5-6,11-12H2,1-4H3. The third-order valence-electron chi connectivity index (χ3n) is 4.45. The molecule has 0 saturated carbocycles. The van der Waals surface area contributed by atoms with E-state index in [9.17, 15) is 18.5 Å². The van der Waals surface area contributed by atoms with Crippen molar-refractivity contribution in [3.05, 3.63) is 57.6 Å². The summed E-state index contributed by atoms with van der Waals surface area (Å²) in [5, 5.41) is 14.5. The number of rotatable bonds is 10. The maximum absolute atomic E-state index is 12.7. The van der Waals surface area contributed by atoms with E-state index in [1.54, 1.807) is 19.1 Å². The van der Waals surface area contributed by atoms with Crippen LogP contribution in [0.2, 0.25) is 0 Å². The van der Waals surface area contributed by atoms with Gasteiger partial charge < -0.3 is 10.2 Å². The van der Waals surface area contributed by atoms with E-state index >= 15 is 0 Å². The van der Waals surface area contributed by atoms with Gasteiger partial charge >= 0.3 is 0 Å². The average molecular weight is 421 g/mol. The molecule has 158 valence electrons. The normalized spacial score (nSPS) is 11.5. The molecule has 0 radical (unpaired) electrons. The number of hydrogen-bond acceptors (Lipinski definition) is 6. The van der Waals surface area contributed by atoms with Gasteiger partial charge in [0.25, 0.3) is 15.7 Å². The Morgan fingerprint density at radius 1 is 1.03 bits per heavy atom. The molecular formula is C20H28N4O4S. The van der Waals surface area contributed by atoms with Gasteiger partial charge in [-0.1, -0.05) is 17.7 Å². The maximum atomic E-state index is 12.7. The van der Waals surface area contributed by atoms with Crippen molar-refractivity contribution in [3.63, 3.8) is 0 Å². The summed E-state index contributed by atoms with van der Waals surface area (Å²) in [6.45, 7) is 5.23. The van der Waals surface area contributed by atoms with E-state index in [4.69, 9.17) is 0 Å². The highest BCUT2D eigenvalue weighted by Crippen LogP contribution is 2.29. The predicted octanol–water partition coefficient (Wildman–Crippen LogP) is 3.77. The second-order valence-corrected chi connectivity index (χ2v) is 8.98. The molecule has 8 nitrogen and oxygen atoms in total. The number of hydrogen-bond donors (Lipinski definition) is 2. The maximum Gasteiger partial charge on any atom is 0.293 e. The van der Waals surface area contributed by atoms with Crippen LogP contribution in [-0.2, 0) is 10.0 Å². The molecule has 2 aromatic rings. The molecule has 0 aliphatic carbocycles. The van der Waals surface area contributed by atoms with E-state index in [0.29, 0.717) is 17.9 Å². The summed E-state index contributed by atoms with van der Waals surface area (Å²) >= 11 is 0. The SMILES string of the molecule is Cc1ccc(NS(=O)(=O)c2ccc(NCCCCN(C)C)c([N+](=O)[O-])c2)c(C)c1. The molecule has 0 atom stereocenters. The van der Waals surface area contributed by atoms with Crippen molar-refractivity contribution in [2.75, 3.05) is 37.2 Å². The fourth-order valence-corrected chi connectivity index (χ4v) is 4.04. The fourth-order valence-electron chi connectivity index (χ4n) is 2.89. The molecule has 0 unspecified atom stereocenters. The van der Waals surface area contributed by atoms with Gasteiger partial charge in [-0.05, 0) is 71.1 Å². The van der Waals surface area contributed by atoms with Crippen molar-refractivity contribution in [2.45, 2.75) is 31.6 Å². The number of nitrogens with one attached hydrogen (secondary N) is 2. The van der Waals surface area contributed by atoms with Crippen molar-refractivity contribution in [1.82, 2.24) is 4.90 Å². The molecule has 29 heavy (non-hydrogen) atoms. The van der Waals surface area contributed by atoms with E-state index in [-0.39, 0.29) is 10.6 Å². The lowest BCUT2D eigenvalue weighted by atomic mass is 10.1. The van der Waals surface area contributed by atoms with Gasteiger partial charge in [-0.3, -0.25) is 14.8 Å². The van der Waals surface area contributed by atoms with E-state index < -0.39 is 14.9 Å². The highest BCUT2D eigenvalue weighted by Gasteiger charge is 2.22. The lowest BCUT2D eigenvalue weighted by molar-refractivity contribution is -0.384. The molecule has 2 rings (SSSR count). The average Bonchev–Trinajstić information content (AvgIpc) is 2.63. The summed E-state index contributed by atoms with van der Waals surface area (Å²) in [5.74, 6) is 0. The lowest BCUT2D eigenvalue weighted by Crippen LogP contribution is -2.15. The molecule has 0 bridgehead atoms. The van der Waals surface area contributed by atoms with Crippen LogP contribution >= 0.6 is 0 Å². The van der Waals surface area contributed by atoms with Crippen molar-refractivity contribution in [2.24, 2.45) is 0 Å². The monoisotopic (exact) mass is 420 g/mol. The molecule has 0 aromatic heterocycles. The summed E-state index contributed by atoms with van der Waals surface area (Å²) < 4.78 is 28.0. The summed E-state index contributed by atoms with van der Waals surface area (Å²) in [7, 11) is 0.0315. The van der Waals surface area contributed by atoms with Gasteiger partial charge in [0.15, 0.2) is 0 Å². The molecule has 0 aliphatic heterocycles. The Hall–Kier alpha value is -2.65. The Labute approximate surface area is 172 Å². The number of benzene rings is 2. The topological polar surface area (TPSA) is 105 Å². The molecule has 0 saturated heterocycles. The third-order valence-corrected chi connectivity index (χ3v) is 5.81. The fraction of sp³-hybridized carbons (Fsp3) is 0.400. The van der Waals surface area contributed by atoms with Gasteiger partial charge in [0.1, 0.15) is 5.69 Å². The Bertz CT molecular complexity index is 974. The van der Waals surface area contributed by atoms with Gasteiger partial charge in [-0.2, -0.15) is 0 Å². The highest BCUT2D eigenvalue weighted by molar-refractivity contribution is 7.92. The minimum absolute atomic E-state index is 0.151. The minimum atomic E-state index is -3.95. The van der Waals surface area contributed by atoms with Crippen LogP contribution in [0.4, 0.5) is 17.1 Å². The van der Waals surface area contributed by atoms with Gasteiger partial charge in [0.2, 0.25) is 0 Å². The van der Waals surface area contributed by atoms with E-state index in [1.165, 1.54) is 12.1 Å². The molecular weight excluding hydrogens is 392 g/mol. The zero-order chi connectivity index (χ0) is 21.6. The first kappa shape index (κ1) is 22.6. The predicted molar refractivity (Wildman–Crippen MR) is 116 cm³/mol. The zero-order valence-electron chi connectivity index (χ0n) is 17.2. The second kappa shape index (κ2) is 9.71. The molecule has 0 fully saturated rings. The number of unbranched alkanes of at least 4 members (excludes halogenated alkanes) is 1. The smallest absolute Gasteiger partial charge is 0.293 e. The van der Waals surface area contributed by atoms with E-state index in [2.05, 4.69) is 14.9 Å². The van der Waals surface area contributed by atoms with Gasteiger partial charge in [0.05, 0.1) is 15.5 Å². The van der Waals surface area contributed by atoms with Crippen LogP contribution in [0, 0.1) is 24.0 Å². The third kappa shape index (κ3) is 6.43. The minimum Gasteiger partial charge on any atom is -0.379 e. The van der Waals surface area contributed by atoms with Crippen molar-refractivity contribution in [1.29, 1.82) is 0 Å². The Morgan fingerprint density at radius 2 is 1.72 bits per heavy atom. The van der Waals surface area contributed by atoms with Crippen LogP contribution in [0.5, 0.6) is 0 Å². The largest absolute Gasteiger partial charge is 0.379 e. The number of nitro benzene ring substituents is 1. The summed E-state index contributed by atoms with van der Waals surface area (Å²) in [5.41, 5.74) is 2.29. The molecule has 0 heterocycles. The van der Waals surface area contributed by atoms with Crippen molar-refractivity contribution in [3.8, 4) is 0 Å². The number of sulfonamides is 1. The zero-order valence-corrected chi connectivity index (χ0v) is 18.0. The Morgan fingerprint density at radius 3 is 2.34 bits per heavy atom. The van der Waals surface area contributed by atoms with Gasteiger partial charge in [-0.15, -0.1) is 0 Å². The first-order valence-corrected chi connectivity index (χ1v) is 10.9. The second-order valence-electron chi connectivity index (χ2n) is 7.30. The lowest BCUT2D eigenvalue weighted by Gasteiger charge is -2.13. The highest BCUT2D eigenvalue weighted by atomic mass is 32.2. The van der Waals surface area contributed by atoms with Crippen molar-refractivity contribution < 1.29 is 13.3 Å². The Kier molecular flexibility index (Phi) is 7.58. The number of nitro groups is 1. The van der Waals surface area contributed by atoms with Crippen LogP contribution in [0.15, 0.2) is 41.3 Å². The Balaban J connectivity index is 2.18. The molecule has 2 N–H and O–H groups in total. The van der Waals surface area contributed by atoms with Crippen LogP contribution < -0.4 is 10.0 Å². The molecule has 2 aromatic carbocycles. The summed E-state index contributed by atoms with van der Waals surface area (Å²) in [6, 6.07) is 9.26. The van der Waals surface area contributed by atoms with Crippen LogP contribution in [0.25, 0.3) is 0 Å². The van der Waals surface area contributed by atoms with Crippen LogP contribution in [0.1, 0.15) is 24.0 Å². The molecule has 0 spiro atoms. The number of anilines is 2. The number of nitrogens with zero attached hydrogens (tertiary/aromatic N) is 2. The van der Waals surface area contributed by atoms with E-state index in [0.717, 1.165) is 36.6 Å². The first-order chi connectivity index (χ1) is 13.6. The van der Waals surface area contributed by atoms with Crippen LogP contribution in [0.3, 0.4) is 0 Å². The first-order valence-electron chi connectivity index (χ1n) is 9.37. The summed E-state index contributed by atoms with van der Waals surface area (Å²) in [4.78, 5) is 12.8. The molecule has 0 amide bonds. The van der Waals surface area contributed by atoms with Crippen molar-refractivity contribution >= 4 is 27.1 Å². The van der Waals surface area contributed by atoms with E-state index in [1.807, 2.05) is 27.1 Å². The number of aryl methyl sites for hydroxylation is 2.